The molecule has 9 nitrogen and oxygen atoms in total. The number of alkyl halides is 2. The Morgan fingerprint density at radius 3 is 2.77 bits per heavy atom. The summed E-state index contributed by atoms with van der Waals surface area (Å²) in [5, 5.41) is 2.55. The molecule has 2 amide bonds. The van der Waals surface area contributed by atoms with Crippen molar-refractivity contribution in [3.63, 3.8) is 0 Å². The third-order valence-electron chi connectivity index (χ3n) is 4.94. The number of amides is 2. The molecule has 3 N–H and O–H groups in total. The fraction of sp³-hybridized carbons (Fsp3) is 0.450. The van der Waals surface area contributed by atoms with Gasteiger partial charge in [0.1, 0.15) is 6.54 Å². The van der Waals surface area contributed by atoms with E-state index in [4.69, 9.17) is 14.9 Å². The van der Waals surface area contributed by atoms with Gasteiger partial charge in [-0.05, 0) is 43.9 Å². The molecular weight excluding hydrogens is 414 g/mol. The molecule has 0 bridgehead atoms. The molecule has 1 aliphatic carbocycles. The van der Waals surface area contributed by atoms with Crippen LogP contribution in [0.15, 0.2) is 22.6 Å². The molecule has 166 valence electrons. The molecule has 1 aromatic heterocycles. The average Bonchev–Trinajstić information content (AvgIpc) is 3.27. The predicted molar refractivity (Wildman–Crippen MR) is 103 cm³/mol. The van der Waals surface area contributed by atoms with Crippen LogP contribution < -0.4 is 20.5 Å². The molecular formula is C20H22F2N4O5. The van der Waals surface area contributed by atoms with E-state index in [1.165, 1.54) is 23.1 Å². The van der Waals surface area contributed by atoms with Gasteiger partial charge in [-0.25, -0.2) is 4.98 Å². The van der Waals surface area contributed by atoms with Crippen LogP contribution in [0.5, 0.6) is 11.5 Å². The third kappa shape index (κ3) is 4.76. The van der Waals surface area contributed by atoms with Crippen LogP contribution in [0, 0.1) is 5.92 Å². The highest BCUT2D eigenvalue weighted by atomic mass is 19.3. The molecule has 1 aromatic carbocycles. The molecule has 31 heavy (non-hydrogen) atoms. The highest BCUT2D eigenvalue weighted by Crippen LogP contribution is 2.37. The van der Waals surface area contributed by atoms with Crippen molar-refractivity contribution in [1.82, 2.24) is 15.2 Å². The Balaban J connectivity index is 1.65. The van der Waals surface area contributed by atoms with Crippen LogP contribution in [-0.2, 0) is 4.79 Å². The van der Waals surface area contributed by atoms with Gasteiger partial charge in [0.2, 0.25) is 11.8 Å². The Labute approximate surface area is 176 Å². The van der Waals surface area contributed by atoms with Gasteiger partial charge in [-0.2, -0.15) is 8.78 Å². The predicted octanol–water partition coefficient (Wildman–Crippen LogP) is 2.28. The molecule has 11 heteroatoms. The van der Waals surface area contributed by atoms with Gasteiger partial charge in [-0.15, -0.1) is 0 Å². The summed E-state index contributed by atoms with van der Waals surface area (Å²) in [5.41, 5.74) is 6.35. The first-order chi connectivity index (χ1) is 14.8. The standard InChI is InChI=1S/C20H22F2N4O5/c1-10(23)17-16(19(28)26-7-15(27)24-9-26)25-18(31-17)12-4-5-13(30-20(21)22)14(6-12)29-8-11-2-3-11/h4-6,10-11,20H,2-3,7-9,23H2,1H3,(H,24,27)/t10-/m0/s1. The first kappa shape index (κ1) is 21.0. The van der Waals surface area contributed by atoms with Gasteiger partial charge in [-0.3, -0.25) is 9.59 Å². The summed E-state index contributed by atoms with van der Waals surface area (Å²) in [4.78, 5) is 29.8. The van der Waals surface area contributed by atoms with E-state index in [9.17, 15) is 18.4 Å². The Kier molecular flexibility index (Phi) is 5.77. The van der Waals surface area contributed by atoms with E-state index in [-0.39, 0.29) is 48.0 Å². The van der Waals surface area contributed by atoms with Crippen LogP contribution in [0.25, 0.3) is 11.5 Å². The topological polar surface area (TPSA) is 120 Å². The number of nitrogens with two attached hydrogens (primary N) is 1. The first-order valence-corrected chi connectivity index (χ1v) is 9.86. The fourth-order valence-corrected chi connectivity index (χ4v) is 3.12. The van der Waals surface area contributed by atoms with Gasteiger partial charge in [-0.1, -0.05) is 0 Å². The number of halogens is 2. The van der Waals surface area contributed by atoms with Crippen molar-refractivity contribution in [2.75, 3.05) is 19.8 Å². The average molecular weight is 436 g/mol. The molecule has 4 rings (SSSR count). The maximum absolute atomic E-state index is 12.8. The number of rotatable bonds is 8. The monoisotopic (exact) mass is 436 g/mol. The lowest BCUT2D eigenvalue weighted by molar-refractivity contribution is -0.118. The largest absolute Gasteiger partial charge is 0.489 e. The zero-order chi connectivity index (χ0) is 22.1. The minimum Gasteiger partial charge on any atom is -0.489 e. The van der Waals surface area contributed by atoms with E-state index < -0.39 is 18.6 Å². The fourth-order valence-electron chi connectivity index (χ4n) is 3.12. The molecule has 1 atom stereocenters. The number of ether oxygens (including phenoxy) is 2. The SMILES string of the molecule is C[C@H](N)c1oc(-c2ccc(OC(F)F)c(OCC3CC3)c2)nc1C(=O)N1CNC(=O)C1. The second-order valence-corrected chi connectivity index (χ2v) is 7.58. The molecule has 2 heterocycles. The lowest BCUT2D eigenvalue weighted by atomic mass is 10.2. The number of benzene rings is 1. The first-order valence-electron chi connectivity index (χ1n) is 9.86. The van der Waals surface area contributed by atoms with E-state index in [0.29, 0.717) is 18.1 Å². The van der Waals surface area contributed by atoms with Crippen LogP contribution >= 0.6 is 0 Å². The molecule has 2 fully saturated rings. The maximum Gasteiger partial charge on any atom is 0.387 e. The summed E-state index contributed by atoms with van der Waals surface area (Å²) in [6.07, 6.45) is 2.06. The van der Waals surface area contributed by atoms with Crippen LogP contribution in [0.2, 0.25) is 0 Å². The molecule has 2 aliphatic rings. The number of hydrogen-bond donors (Lipinski definition) is 2. The number of aromatic nitrogens is 1. The third-order valence-corrected chi connectivity index (χ3v) is 4.94. The Hall–Kier alpha value is -3.21. The second-order valence-electron chi connectivity index (χ2n) is 7.58. The number of carbonyl (C=O) groups is 2. The molecule has 1 saturated heterocycles. The smallest absolute Gasteiger partial charge is 0.387 e. The van der Waals surface area contributed by atoms with Crippen molar-refractivity contribution in [3.05, 3.63) is 29.7 Å². The van der Waals surface area contributed by atoms with Crippen LogP contribution in [0.4, 0.5) is 8.78 Å². The molecule has 2 aromatic rings. The van der Waals surface area contributed by atoms with Crippen molar-refractivity contribution in [1.29, 1.82) is 0 Å². The van der Waals surface area contributed by atoms with E-state index in [1.807, 2.05) is 0 Å². The Morgan fingerprint density at radius 2 is 2.16 bits per heavy atom. The van der Waals surface area contributed by atoms with E-state index in [1.54, 1.807) is 6.92 Å². The molecule has 0 unspecified atom stereocenters. The Morgan fingerprint density at radius 1 is 1.39 bits per heavy atom. The normalized spacial score (nSPS) is 17.1. The van der Waals surface area contributed by atoms with Gasteiger partial charge < -0.3 is 29.8 Å². The van der Waals surface area contributed by atoms with Crippen LogP contribution in [0.3, 0.4) is 0 Å². The second kappa shape index (κ2) is 8.50. The highest BCUT2D eigenvalue weighted by Gasteiger charge is 2.31. The lowest BCUT2D eigenvalue weighted by Crippen LogP contribution is -2.31. The number of oxazole rings is 1. The summed E-state index contributed by atoms with van der Waals surface area (Å²) in [5.74, 6) is -0.101. The van der Waals surface area contributed by atoms with Gasteiger partial charge in [0.15, 0.2) is 23.0 Å². The van der Waals surface area contributed by atoms with Crippen molar-refractivity contribution in [2.45, 2.75) is 32.4 Å². The summed E-state index contributed by atoms with van der Waals surface area (Å²) in [6.45, 7) is -0.992. The summed E-state index contributed by atoms with van der Waals surface area (Å²) in [7, 11) is 0. The minimum atomic E-state index is -3.00. The summed E-state index contributed by atoms with van der Waals surface area (Å²) < 4.78 is 41.5. The van der Waals surface area contributed by atoms with E-state index in [2.05, 4.69) is 15.0 Å². The van der Waals surface area contributed by atoms with E-state index in [0.717, 1.165) is 12.8 Å². The van der Waals surface area contributed by atoms with Gasteiger partial charge in [0.25, 0.3) is 5.91 Å². The number of carbonyl (C=O) groups excluding carboxylic acids is 2. The van der Waals surface area contributed by atoms with Crippen LogP contribution in [-0.4, -0.2) is 48.1 Å². The van der Waals surface area contributed by atoms with E-state index >= 15 is 0 Å². The number of nitrogens with one attached hydrogen (secondary N) is 1. The van der Waals surface area contributed by atoms with Crippen molar-refractivity contribution in [3.8, 4) is 23.0 Å². The number of nitrogens with zero attached hydrogens (tertiary/aromatic N) is 2. The van der Waals surface area contributed by atoms with Crippen molar-refractivity contribution in [2.24, 2.45) is 11.7 Å². The summed E-state index contributed by atoms with van der Waals surface area (Å²) >= 11 is 0. The minimum absolute atomic E-state index is 0.00476. The molecule has 1 aliphatic heterocycles. The van der Waals surface area contributed by atoms with Crippen molar-refractivity contribution >= 4 is 11.8 Å². The quantitative estimate of drug-likeness (QED) is 0.651. The zero-order valence-corrected chi connectivity index (χ0v) is 16.8. The van der Waals surface area contributed by atoms with Crippen molar-refractivity contribution < 1.29 is 32.3 Å². The lowest BCUT2D eigenvalue weighted by Gasteiger charge is -2.12. The Bertz CT molecular complexity index is 990. The van der Waals surface area contributed by atoms with Crippen LogP contribution in [0.1, 0.15) is 42.1 Å². The number of hydrogen-bond acceptors (Lipinski definition) is 7. The summed E-state index contributed by atoms with van der Waals surface area (Å²) in [6, 6.07) is 3.66. The molecule has 1 saturated carbocycles. The maximum atomic E-state index is 12.8. The van der Waals surface area contributed by atoms with Gasteiger partial charge >= 0.3 is 6.61 Å². The molecule has 0 spiro atoms. The van der Waals surface area contributed by atoms with Gasteiger partial charge in [0.05, 0.1) is 19.3 Å². The highest BCUT2D eigenvalue weighted by molar-refractivity contribution is 5.97. The molecule has 0 radical (unpaired) electrons. The zero-order valence-electron chi connectivity index (χ0n) is 16.8. The van der Waals surface area contributed by atoms with Gasteiger partial charge in [0, 0.05) is 5.56 Å².